The second-order valence-corrected chi connectivity index (χ2v) is 7.09. The monoisotopic (exact) mass is 415 g/mol. The summed E-state index contributed by atoms with van der Waals surface area (Å²) in [6.07, 6.45) is -4.43. The van der Waals surface area contributed by atoms with Gasteiger partial charge in [0.25, 0.3) is 5.56 Å². The first-order valence-electron chi connectivity index (χ1n) is 9.02. The maximum absolute atomic E-state index is 12.9. The lowest BCUT2D eigenvalue weighted by atomic mass is 10.0. The molecule has 8 heteroatoms. The van der Waals surface area contributed by atoms with E-state index in [9.17, 15) is 23.1 Å². The molecule has 0 bridgehead atoms. The molecule has 3 N–H and O–H groups in total. The minimum Gasteiger partial charge on any atom is -0.507 e. The molecule has 2 aromatic carbocycles. The van der Waals surface area contributed by atoms with Gasteiger partial charge in [0.15, 0.2) is 0 Å². The van der Waals surface area contributed by atoms with Crippen LogP contribution in [0.15, 0.2) is 47.8 Å². The lowest BCUT2D eigenvalue weighted by Gasteiger charge is -2.15. The van der Waals surface area contributed by atoms with Crippen LogP contribution in [0.25, 0.3) is 17.0 Å². The van der Waals surface area contributed by atoms with Crippen molar-refractivity contribution in [3.8, 4) is 17.0 Å². The van der Waals surface area contributed by atoms with Crippen LogP contribution < -0.4 is 10.9 Å². The first-order chi connectivity index (χ1) is 14.0. The number of aromatic amines is 1. The molecule has 156 valence electrons. The van der Waals surface area contributed by atoms with Crippen molar-refractivity contribution in [3.63, 3.8) is 0 Å². The molecule has 3 aromatic rings. The third kappa shape index (κ3) is 4.22. The molecular formula is C22H20F3N3O2. The molecule has 0 saturated carbocycles. The van der Waals surface area contributed by atoms with E-state index in [0.29, 0.717) is 33.6 Å². The lowest BCUT2D eigenvalue weighted by Crippen LogP contribution is -2.16. The maximum Gasteiger partial charge on any atom is 0.416 e. The van der Waals surface area contributed by atoms with Crippen LogP contribution in [0.2, 0.25) is 0 Å². The molecule has 1 aromatic heterocycles. The summed E-state index contributed by atoms with van der Waals surface area (Å²) >= 11 is 0. The molecule has 0 fully saturated rings. The molecule has 0 aliphatic heterocycles. The van der Waals surface area contributed by atoms with Crippen LogP contribution in [-0.4, -0.2) is 15.3 Å². The van der Waals surface area contributed by atoms with Gasteiger partial charge < -0.3 is 10.4 Å². The topological polar surface area (TPSA) is 78.0 Å². The summed E-state index contributed by atoms with van der Waals surface area (Å²) in [7, 11) is 0. The molecule has 0 atom stereocenters. The summed E-state index contributed by atoms with van der Waals surface area (Å²) in [5.74, 6) is 0.187. The van der Waals surface area contributed by atoms with Crippen LogP contribution in [0.1, 0.15) is 27.8 Å². The lowest BCUT2D eigenvalue weighted by molar-refractivity contribution is -0.137. The summed E-state index contributed by atoms with van der Waals surface area (Å²) in [6.45, 7) is 8.91. The Morgan fingerprint density at radius 2 is 1.70 bits per heavy atom. The smallest absolute Gasteiger partial charge is 0.416 e. The number of nitrogens with one attached hydrogen (secondary N) is 2. The van der Waals surface area contributed by atoms with Crippen LogP contribution in [0, 0.1) is 20.8 Å². The van der Waals surface area contributed by atoms with Crippen molar-refractivity contribution in [2.45, 2.75) is 26.9 Å². The number of nitrogens with zero attached hydrogens (tertiary/aromatic N) is 1. The molecule has 5 nitrogen and oxygen atoms in total. The van der Waals surface area contributed by atoms with E-state index < -0.39 is 17.3 Å². The minimum absolute atomic E-state index is 0.187. The van der Waals surface area contributed by atoms with Crippen LogP contribution >= 0.6 is 0 Å². The molecular weight excluding hydrogens is 395 g/mol. The molecule has 0 saturated heterocycles. The second-order valence-electron chi connectivity index (χ2n) is 7.09. The number of anilines is 1. The maximum atomic E-state index is 12.9. The molecule has 30 heavy (non-hydrogen) atoms. The number of hydrogen-bond acceptors (Lipinski definition) is 4. The zero-order chi connectivity index (χ0) is 22.2. The number of rotatable bonds is 4. The van der Waals surface area contributed by atoms with Crippen molar-refractivity contribution in [3.05, 3.63) is 81.1 Å². The van der Waals surface area contributed by atoms with Gasteiger partial charge in [-0.1, -0.05) is 6.58 Å². The van der Waals surface area contributed by atoms with Crippen molar-refractivity contribution in [2.75, 3.05) is 5.32 Å². The number of benzene rings is 2. The second kappa shape index (κ2) is 7.70. The van der Waals surface area contributed by atoms with E-state index in [1.54, 1.807) is 32.0 Å². The number of aromatic nitrogens is 2. The van der Waals surface area contributed by atoms with E-state index in [-0.39, 0.29) is 17.0 Å². The molecule has 0 aliphatic carbocycles. The highest BCUT2D eigenvalue weighted by Crippen LogP contribution is 2.32. The predicted octanol–water partition coefficient (Wildman–Crippen LogP) is 5.17. The Morgan fingerprint density at radius 3 is 2.27 bits per heavy atom. The number of aryl methyl sites for hydroxylation is 3. The zero-order valence-electron chi connectivity index (χ0n) is 16.6. The Morgan fingerprint density at radius 1 is 1.07 bits per heavy atom. The largest absolute Gasteiger partial charge is 0.507 e. The van der Waals surface area contributed by atoms with Crippen LogP contribution in [0.3, 0.4) is 0 Å². The van der Waals surface area contributed by atoms with Gasteiger partial charge in [-0.2, -0.15) is 18.3 Å². The number of H-pyrrole nitrogens is 1. The van der Waals surface area contributed by atoms with Crippen molar-refractivity contribution in [1.29, 1.82) is 0 Å². The summed E-state index contributed by atoms with van der Waals surface area (Å²) in [6, 6.07) is 8.31. The van der Waals surface area contributed by atoms with Gasteiger partial charge in [-0.25, -0.2) is 5.10 Å². The number of alkyl halides is 3. The average Bonchev–Trinajstić information content (AvgIpc) is 2.66. The van der Waals surface area contributed by atoms with Crippen molar-refractivity contribution in [1.82, 2.24) is 10.2 Å². The first-order valence-corrected chi connectivity index (χ1v) is 9.02. The van der Waals surface area contributed by atoms with E-state index in [0.717, 1.165) is 12.1 Å². The van der Waals surface area contributed by atoms with Gasteiger partial charge in [0, 0.05) is 16.9 Å². The number of phenols is 1. The summed E-state index contributed by atoms with van der Waals surface area (Å²) in [5, 5.41) is 19.3. The van der Waals surface area contributed by atoms with Gasteiger partial charge in [-0.15, -0.1) is 0 Å². The van der Waals surface area contributed by atoms with Gasteiger partial charge in [0.1, 0.15) is 5.75 Å². The third-order valence-electron chi connectivity index (χ3n) is 4.75. The Balaban J connectivity index is 1.94. The van der Waals surface area contributed by atoms with Crippen molar-refractivity contribution in [2.24, 2.45) is 0 Å². The van der Waals surface area contributed by atoms with Crippen LogP contribution in [0.4, 0.5) is 18.9 Å². The summed E-state index contributed by atoms with van der Waals surface area (Å²) in [5.41, 5.74) is 2.42. The molecule has 0 unspecified atom stereocenters. The Hall–Kier alpha value is -3.55. The van der Waals surface area contributed by atoms with Gasteiger partial charge in [-0.3, -0.25) is 4.79 Å². The van der Waals surface area contributed by atoms with E-state index in [1.165, 1.54) is 13.0 Å². The van der Waals surface area contributed by atoms with Gasteiger partial charge in [0.05, 0.1) is 16.8 Å². The SMILES string of the molecule is C=C(Nc1ccc(C(F)(F)F)cc1C)c1cc(-c2cc(C)c(O)c(C)c2)n[nH]c1=O. The molecule has 0 radical (unpaired) electrons. The van der Waals surface area contributed by atoms with Gasteiger partial charge >= 0.3 is 6.18 Å². The Bertz CT molecular complexity index is 1170. The average molecular weight is 415 g/mol. The highest BCUT2D eigenvalue weighted by molar-refractivity contribution is 5.78. The Kier molecular flexibility index (Phi) is 5.43. The summed E-state index contributed by atoms with van der Waals surface area (Å²) in [4.78, 5) is 12.3. The van der Waals surface area contributed by atoms with Crippen molar-refractivity contribution >= 4 is 11.4 Å². The highest BCUT2D eigenvalue weighted by Gasteiger charge is 2.30. The van der Waals surface area contributed by atoms with Gasteiger partial charge in [0.2, 0.25) is 0 Å². The molecule has 0 aliphatic rings. The summed E-state index contributed by atoms with van der Waals surface area (Å²) < 4.78 is 38.6. The standard InChI is InChI=1S/C22H20F3N3O2/c1-11-9-16(22(23,24)25)5-6-18(11)26-14(4)17-10-19(27-28-21(17)30)15-7-12(2)20(29)13(3)8-15/h5-10,26,29H,4H2,1-3H3,(H,28,30). The Labute approximate surface area is 170 Å². The number of hydrogen-bond donors (Lipinski definition) is 3. The number of phenolic OH excluding ortho intramolecular Hbond substituents is 1. The number of halogens is 3. The fraction of sp³-hybridized carbons (Fsp3) is 0.182. The van der Waals surface area contributed by atoms with E-state index in [4.69, 9.17) is 0 Å². The van der Waals surface area contributed by atoms with E-state index in [1.807, 2.05) is 0 Å². The fourth-order valence-corrected chi connectivity index (χ4v) is 3.09. The normalized spacial score (nSPS) is 11.4. The van der Waals surface area contributed by atoms with Crippen LogP contribution in [0.5, 0.6) is 5.75 Å². The molecule has 0 amide bonds. The van der Waals surface area contributed by atoms with Crippen molar-refractivity contribution < 1.29 is 18.3 Å². The third-order valence-corrected chi connectivity index (χ3v) is 4.75. The van der Waals surface area contributed by atoms with E-state index >= 15 is 0 Å². The van der Waals surface area contributed by atoms with Gasteiger partial charge in [-0.05, 0) is 73.9 Å². The molecule has 0 spiro atoms. The van der Waals surface area contributed by atoms with E-state index in [2.05, 4.69) is 22.1 Å². The molecule has 3 rings (SSSR count). The fourth-order valence-electron chi connectivity index (χ4n) is 3.09. The number of aromatic hydroxyl groups is 1. The highest BCUT2D eigenvalue weighted by atomic mass is 19.4. The minimum atomic E-state index is -4.43. The predicted molar refractivity (Wildman–Crippen MR) is 110 cm³/mol. The van der Waals surface area contributed by atoms with Crippen LogP contribution in [-0.2, 0) is 6.18 Å². The quantitative estimate of drug-likeness (QED) is 0.549. The molecule has 1 heterocycles. The first kappa shape index (κ1) is 21.2. The zero-order valence-corrected chi connectivity index (χ0v) is 16.6.